The Hall–Kier alpha value is -1.67. The second-order valence-corrected chi connectivity index (χ2v) is 3.83. The van der Waals surface area contributed by atoms with Gasteiger partial charge in [-0.25, -0.2) is 8.78 Å². The molecule has 17 heavy (non-hydrogen) atoms. The first-order valence-electron chi connectivity index (χ1n) is 5.40. The molecule has 1 fully saturated rings. The number of halogens is 2. The number of benzene rings is 1. The van der Waals surface area contributed by atoms with E-state index in [2.05, 4.69) is 0 Å². The Morgan fingerprint density at radius 2 is 1.88 bits per heavy atom. The van der Waals surface area contributed by atoms with Gasteiger partial charge in [0.15, 0.2) is 11.6 Å². The van der Waals surface area contributed by atoms with Crippen molar-refractivity contribution in [3.05, 3.63) is 29.3 Å². The Balaban J connectivity index is 2.36. The average Bonchev–Trinajstić information content (AvgIpc) is 2.35. The van der Waals surface area contributed by atoms with Crippen LogP contribution in [0.3, 0.4) is 0 Å². The normalized spacial score (nSPS) is 15.7. The van der Waals surface area contributed by atoms with Crippen LogP contribution in [0, 0.1) is 23.0 Å². The Kier molecular flexibility index (Phi) is 3.55. The van der Waals surface area contributed by atoms with E-state index in [0.717, 1.165) is 12.1 Å². The van der Waals surface area contributed by atoms with Crippen molar-refractivity contribution in [2.24, 2.45) is 0 Å². The molecule has 2 rings (SSSR count). The van der Waals surface area contributed by atoms with Crippen molar-refractivity contribution in [2.45, 2.75) is 6.42 Å². The SMILES string of the molecule is N#CCc1cc(F)c(F)cc1N1CCOCC1. The molecule has 0 aromatic heterocycles. The molecule has 3 nitrogen and oxygen atoms in total. The molecule has 0 N–H and O–H groups in total. The van der Waals surface area contributed by atoms with E-state index in [1.165, 1.54) is 0 Å². The molecule has 0 spiro atoms. The van der Waals surface area contributed by atoms with Gasteiger partial charge in [-0.15, -0.1) is 0 Å². The topological polar surface area (TPSA) is 36.3 Å². The first-order chi connectivity index (χ1) is 8.22. The highest BCUT2D eigenvalue weighted by atomic mass is 19.2. The summed E-state index contributed by atoms with van der Waals surface area (Å²) in [5.74, 6) is -1.79. The minimum absolute atomic E-state index is 0.0733. The molecule has 0 radical (unpaired) electrons. The third kappa shape index (κ3) is 2.53. The predicted molar refractivity (Wildman–Crippen MR) is 58.7 cm³/mol. The van der Waals surface area contributed by atoms with Gasteiger partial charge in [0, 0.05) is 24.8 Å². The molecule has 0 unspecified atom stereocenters. The Morgan fingerprint density at radius 1 is 1.24 bits per heavy atom. The van der Waals surface area contributed by atoms with Crippen LogP contribution in [-0.4, -0.2) is 26.3 Å². The molecule has 90 valence electrons. The van der Waals surface area contributed by atoms with Gasteiger partial charge in [0.1, 0.15) is 0 Å². The number of nitrogens with zero attached hydrogens (tertiary/aromatic N) is 2. The number of rotatable bonds is 2. The van der Waals surface area contributed by atoms with Crippen molar-refractivity contribution in [3.8, 4) is 6.07 Å². The van der Waals surface area contributed by atoms with E-state index in [0.29, 0.717) is 37.6 Å². The summed E-state index contributed by atoms with van der Waals surface area (Å²) in [6, 6.07) is 4.22. The molecule has 5 heteroatoms. The second-order valence-electron chi connectivity index (χ2n) is 3.83. The second kappa shape index (κ2) is 5.11. The molecule has 1 aliphatic rings. The van der Waals surface area contributed by atoms with Crippen LogP contribution in [0.4, 0.5) is 14.5 Å². The number of anilines is 1. The zero-order valence-corrected chi connectivity index (χ0v) is 9.25. The lowest BCUT2D eigenvalue weighted by Gasteiger charge is -2.30. The van der Waals surface area contributed by atoms with Gasteiger partial charge in [-0.1, -0.05) is 0 Å². The maximum atomic E-state index is 13.2. The fourth-order valence-electron chi connectivity index (χ4n) is 1.90. The molecule has 1 aromatic carbocycles. The molecule has 0 bridgehead atoms. The van der Waals surface area contributed by atoms with Crippen molar-refractivity contribution < 1.29 is 13.5 Å². The number of nitriles is 1. The van der Waals surface area contributed by atoms with Crippen LogP contribution in [0.15, 0.2) is 12.1 Å². The van der Waals surface area contributed by atoms with Gasteiger partial charge >= 0.3 is 0 Å². The number of hydrogen-bond acceptors (Lipinski definition) is 3. The summed E-state index contributed by atoms with van der Waals surface area (Å²) in [4.78, 5) is 1.92. The maximum absolute atomic E-state index is 13.2. The smallest absolute Gasteiger partial charge is 0.160 e. The lowest BCUT2D eigenvalue weighted by Crippen LogP contribution is -2.36. The third-order valence-electron chi connectivity index (χ3n) is 2.74. The molecular weight excluding hydrogens is 226 g/mol. The summed E-state index contributed by atoms with van der Waals surface area (Å²) >= 11 is 0. The molecule has 1 heterocycles. The average molecular weight is 238 g/mol. The van der Waals surface area contributed by atoms with Crippen LogP contribution < -0.4 is 4.90 Å². The van der Waals surface area contributed by atoms with E-state index in [-0.39, 0.29) is 6.42 Å². The van der Waals surface area contributed by atoms with Gasteiger partial charge in [0.25, 0.3) is 0 Å². The van der Waals surface area contributed by atoms with Crippen LogP contribution in [0.2, 0.25) is 0 Å². The summed E-state index contributed by atoms with van der Waals surface area (Å²) < 4.78 is 31.6. The largest absolute Gasteiger partial charge is 0.378 e. The lowest BCUT2D eigenvalue weighted by atomic mass is 10.1. The van der Waals surface area contributed by atoms with Crippen LogP contribution in [0.5, 0.6) is 0 Å². The highest BCUT2D eigenvalue weighted by Crippen LogP contribution is 2.25. The van der Waals surface area contributed by atoms with Crippen LogP contribution in [0.25, 0.3) is 0 Å². The minimum atomic E-state index is -0.910. The fraction of sp³-hybridized carbons (Fsp3) is 0.417. The highest BCUT2D eigenvalue weighted by Gasteiger charge is 2.17. The van der Waals surface area contributed by atoms with Gasteiger partial charge in [-0.05, 0) is 11.6 Å². The summed E-state index contributed by atoms with van der Waals surface area (Å²) in [7, 11) is 0. The van der Waals surface area contributed by atoms with Gasteiger partial charge in [0.05, 0.1) is 25.7 Å². The molecule has 0 atom stereocenters. The standard InChI is InChI=1S/C12H12F2N2O/c13-10-7-9(1-2-15)12(8-11(10)14)16-3-5-17-6-4-16/h7-8H,1,3-6H2. The molecule has 1 saturated heterocycles. The van der Waals surface area contributed by atoms with Crippen LogP contribution in [0.1, 0.15) is 5.56 Å². The molecule has 0 amide bonds. The first kappa shape index (κ1) is 11.8. The van der Waals surface area contributed by atoms with Crippen molar-refractivity contribution in [2.75, 3.05) is 31.2 Å². The molecule has 0 aliphatic carbocycles. The minimum Gasteiger partial charge on any atom is -0.378 e. The van der Waals surface area contributed by atoms with E-state index in [9.17, 15) is 8.78 Å². The summed E-state index contributed by atoms with van der Waals surface area (Å²) in [6.07, 6.45) is 0.0733. The number of morpholine rings is 1. The quantitative estimate of drug-likeness (QED) is 0.789. The van der Waals surface area contributed by atoms with E-state index in [1.54, 1.807) is 0 Å². The van der Waals surface area contributed by atoms with Crippen LogP contribution >= 0.6 is 0 Å². The predicted octanol–water partition coefficient (Wildman–Crippen LogP) is 1.87. The number of ether oxygens (including phenoxy) is 1. The molecule has 1 aromatic rings. The van der Waals surface area contributed by atoms with Crippen molar-refractivity contribution in [1.29, 1.82) is 5.26 Å². The monoisotopic (exact) mass is 238 g/mol. The number of hydrogen-bond donors (Lipinski definition) is 0. The van der Waals surface area contributed by atoms with Crippen LogP contribution in [-0.2, 0) is 11.2 Å². The lowest BCUT2D eigenvalue weighted by molar-refractivity contribution is 0.122. The van der Waals surface area contributed by atoms with Crippen molar-refractivity contribution in [3.63, 3.8) is 0 Å². The Labute approximate surface area is 98.2 Å². The van der Waals surface area contributed by atoms with Crippen molar-refractivity contribution in [1.82, 2.24) is 0 Å². The maximum Gasteiger partial charge on any atom is 0.160 e. The molecular formula is C12H12F2N2O. The Morgan fingerprint density at radius 3 is 2.53 bits per heavy atom. The zero-order chi connectivity index (χ0) is 12.3. The summed E-state index contributed by atoms with van der Waals surface area (Å²) in [6.45, 7) is 2.38. The summed E-state index contributed by atoms with van der Waals surface area (Å²) in [5.41, 5.74) is 1.11. The first-order valence-corrected chi connectivity index (χ1v) is 5.40. The Bertz CT molecular complexity index is 451. The van der Waals surface area contributed by atoms with E-state index in [4.69, 9.17) is 10.00 Å². The van der Waals surface area contributed by atoms with E-state index < -0.39 is 11.6 Å². The third-order valence-corrected chi connectivity index (χ3v) is 2.74. The molecule has 0 saturated carbocycles. The van der Waals surface area contributed by atoms with Gasteiger partial charge in [0.2, 0.25) is 0 Å². The highest BCUT2D eigenvalue weighted by molar-refractivity contribution is 5.55. The van der Waals surface area contributed by atoms with Gasteiger partial charge in [-0.2, -0.15) is 5.26 Å². The van der Waals surface area contributed by atoms with Gasteiger partial charge < -0.3 is 9.64 Å². The van der Waals surface area contributed by atoms with Crippen molar-refractivity contribution >= 4 is 5.69 Å². The van der Waals surface area contributed by atoms with E-state index >= 15 is 0 Å². The fourth-order valence-corrected chi connectivity index (χ4v) is 1.90. The summed E-state index contributed by atoms with van der Waals surface area (Å²) in [5, 5.41) is 8.69. The molecule has 1 aliphatic heterocycles. The van der Waals surface area contributed by atoms with Gasteiger partial charge in [-0.3, -0.25) is 0 Å². The zero-order valence-electron chi connectivity index (χ0n) is 9.25. The van der Waals surface area contributed by atoms with E-state index in [1.807, 2.05) is 11.0 Å².